The molecule has 2 amide bonds. The molecule has 2 saturated carbocycles. The summed E-state index contributed by atoms with van der Waals surface area (Å²) in [5, 5.41) is 12.2. The average molecular weight is 347 g/mol. The quantitative estimate of drug-likeness (QED) is 0.662. The van der Waals surface area contributed by atoms with E-state index in [2.05, 4.69) is 38.7 Å². The van der Waals surface area contributed by atoms with Crippen molar-refractivity contribution in [2.45, 2.75) is 50.2 Å². The molecule has 0 atom stereocenters. The number of rotatable bonds is 2. The molecule has 3 aromatic rings. The molecule has 2 aromatic heterocycles. The first-order valence-electron chi connectivity index (χ1n) is 9.49. The largest absolute Gasteiger partial charge is 0.353 e. The number of aromatic amines is 2. The third-order valence-corrected chi connectivity index (χ3v) is 6.26. The van der Waals surface area contributed by atoms with E-state index in [0.29, 0.717) is 12.6 Å². The van der Waals surface area contributed by atoms with E-state index in [1.807, 2.05) is 17.0 Å². The second-order valence-corrected chi connectivity index (χ2v) is 7.89. The number of nitrogens with zero attached hydrogens (tertiary/aromatic N) is 2. The van der Waals surface area contributed by atoms with Crippen LogP contribution in [0.4, 0.5) is 4.79 Å². The highest BCUT2D eigenvalue weighted by Gasteiger charge is 2.54. The van der Waals surface area contributed by atoms with Gasteiger partial charge in [-0.1, -0.05) is 18.2 Å². The van der Waals surface area contributed by atoms with Crippen LogP contribution >= 0.6 is 0 Å². The Bertz CT molecular complexity index is 991. The predicted molar refractivity (Wildman–Crippen MR) is 98.5 cm³/mol. The van der Waals surface area contributed by atoms with Crippen molar-refractivity contribution < 1.29 is 4.79 Å². The van der Waals surface area contributed by atoms with Crippen molar-refractivity contribution in [3.05, 3.63) is 41.6 Å². The Kier molecular flexibility index (Phi) is 2.72. The van der Waals surface area contributed by atoms with Crippen LogP contribution in [0.25, 0.3) is 22.3 Å². The van der Waals surface area contributed by atoms with Gasteiger partial charge in [0.2, 0.25) is 0 Å². The van der Waals surface area contributed by atoms with E-state index in [-0.39, 0.29) is 11.6 Å². The number of aromatic nitrogens is 3. The van der Waals surface area contributed by atoms with E-state index in [1.165, 1.54) is 10.9 Å². The van der Waals surface area contributed by atoms with E-state index >= 15 is 0 Å². The first-order chi connectivity index (χ1) is 12.7. The zero-order valence-electron chi connectivity index (χ0n) is 14.5. The van der Waals surface area contributed by atoms with Gasteiger partial charge in [-0.25, -0.2) is 4.79 Å². The Morgan fingerprint density at radius 1 is 1.27 bits per heavy atom. The van der Waals surface area contributed by atoms with Crippen LogP contribution in [0.5, 0.6) is 0 Å². The van der Waals surface area contributed by atoms with Gasteiger partial charge in [0.25, 0.3) is 0 Å². The average Bonchev–Trinajstić information content (AvgIpc) is 3.06. The van der Waals surface area contributed by atoms with Crippen molar-refractivity contribution in [3.63, 3.8) is 0 Å². The standard InChI is InChI=1S/C20H21N5O/c26-19(21-13-6-7-13)25-11-16-17(20(25)8-3-9-20)18(24-23-16)15-10-12-4-1-2-5-14(12)22-15/h1-2,4-5,10,13,22H,3,6-9,11H2,(H,21,26)(H,23,24). The second kappa shape index (κ2) is 4.90. The van der Waals surface area contributed by atoms with Gasteiger partial charge in [-0.05, 0) is 44.2 Å². The second-order valence-electron chi connectivity index (χ2n) is 7.89. The van der Waals surface area contributed by atoms with Crippen molar-refractivity contribution in [2.75, 3.05) is 0 Å². The van der Waals surface area contributed by atoms with Crippen LogP contribution in [-0.4, -0.2) is 32.2 Å². The topological polar surface area (TPSA) is 76.8 Å². The van der Waals surface area contributed by atoms with Gasteiger partial charge in [0.1, 0.15) is 5.69 Å². The maximum absolute atomic E-state index is 12.8. The molecule has 6 heteroatoms. The van der Waals surface area contributed by atoms with Gasteiger partial charge >= 0.3 is 6.03 Å². The fourth-order valence-electron chi connectivity index (χ4n) is 4.61. The van der Waals surface area contributed by atoms with Gasteiger partial charge in [-0.15, -0.1) is 0 Å². The first kappa shape index (κ1) is 14.4. The molecule has 0 radical (unpaired) electrons. The predicted octanol–water partition coefficient (Wildman–Crippen LogP) is 3.62. The SMILES string of the molecule is O=C(NC1CC1)N1Cc2[nH]nc(-c3cc4ccccc4[nH]3)c2C12CCC2. The molecule has 6 rings (SSSR count). The summed E-state index contributed by atoms with van der Waals surface area (Å²) in [6, 6.07) is 10.9. The number of amides is 2. The van der Waals surface area contributed by atoms with E-state index < -0.39 is 0 Å². The lowest BCUT2D eigenvalue weighted by Gasteiger charge is -2.46. The van der Waals surface area contributed by atoms with Crippen LogP contribution in [0.1, 0.15) is 43.4 Å². The molecular weight excluding hydrogens is 326 g/mol. The Morgan fingerprint density at radius 3 is 2.85 bits per heavy atom. The van der Waals surface area contributed by atoms with Crippen molar-refractivity contribution in [2.24, 2.45) is 0 Å². The highest BCUT2D eigenvalue weighted by atomic mass is 16.2. The fourth-order valence-corrected chi connectivity index (χ4v) is 4.61. The van der Waals surface area contributed by atoms with Crippen molar-refractivity contribution in [1.29, 1.82) is 0 Å². The van der Waals surface area contributed by atoms with Crippen molar-refractivity contribution >= 4 is 16.9 Å². The Hall–Kier alpha value is -2.76. The lowest BCUT2D eigenvalue weighted by molar-refractivity contribution is 0.0556. The lowest BCUT2D eigenvalue weighted by atomic mass is 9.71. The fraction of sp³-hybridized carbons (Fsp3) is 0.400. The number of benzene rings is 1. The molecule has 3 heterocycles. The summed E-state index contributed by atoms with van der Waals surface area (Å²) < 4.78 is 0. The normalized spacial score (nSPS) is 20.4. The van der Waals surface area contributed by atoms with Gasteiger partial charge in [0, 0.05) is 22.5 Å². The molecule has 1 aromatic carbocycles. The minimum absolute atomic E-state index is 0.0828. The van der Waals surface area contributed by atoms with Crippen LogP contribution in [0.3, 0.4) is 0 Å². The number of carbonyl (C=O) groups excluding carboxylic acids is 1. The van der Waals surface area contributed by atoms with Crippen LogP contribution in [0.15, 0.2) is 30.3 Å². The summed E-state index contributed by atoms with van der Waals surface area (Å²) in [6.45, 7) is 0.626. The number of nitrogens with one attached hydrogen (secondary N) is 3. The van der Waals surface area contributed by atoms with Gasteiger partial charge in [0.15, 0.2) is 0 Å². The van der Waals surface area contributed by atoms with Gasteiger partial charge in [-0.3, -0.25) is 5.10 Å². The number of hydrogen-bond donors (Lipinski definition) is 3. The van der Waals surface area contributed by atoms with E-state index in [0.717, 1.165) is 54.7 Å². The maximum atomic E-state index is 12.8. The van der Waals surface area contributed by atoms with Crippen LogP contribution in [0, 0.1) is 0 Å². The molecule has 3 N–H and O–H groups in total. The Labute approximate surface area is 151 Å². The van der Waals surface area contributed by atoms with Crippen LogP contribution in [0.2, 0.25) is 0 Å². The highest BCUT2D eigenvalue weighted by Crippen LogP contribution is 2.54. The van der Waals surface area contributed by atoms with E-state index in [1.54, 1.807) is 0 Å². The number of urea groups is 1. The Morgan fingerprint density at radius 2 is 2.12 bits per heavy atom. The van der Waals surface area contributed by atoms with Gasteiger partial charge in [0.05, 0.1) is 23.5 Å². The molecule has 3 aliphatic rings. The zero-order valence-corrected chi connectivity index (χ0v) is 14.5. The maximum Gasteiger partial charge on any atom is 0.318 e. The van der Waals surface area contributed by atoms with Crippen molar-refractivity contribution in [3.8, 4) is 11.4 Å². The molecule has 0 bridgehead atoms. The van der Waals surface area contributed by atoms with Gasteiger partial charge < -0.3 is 15.2 Å². The van der Waals surface area contributed by atoms with Crippen molar-refractivity contribution in [1.82, 2.24) is 25.4 Å². The molecule has 2 fully saturated rings. The van der Waals surface area contributed by atoms with Gasteiger partial charge in [-0.2, -0.15) is 5.10 Å². The molecule has 1 aliphatic heterocycles. The summed E-state index contributed by atoms with van der Waals surface area (Å²) in [4.78, 5) is 18.4. The third kappa shape index (κ3) is 1.87. The summed E-state index contributed by atoms with van der Waals surface area (Å²) in [7, 11) is 0. The van der Waals surface area contributed by atoms with E-state index in [4.69, 9.17) is 0 Å². The minimum atomic E-state index is -0.187. The molecule has 2 aliphatic carbocycles. The summed E-state index contributed by atoms with van der Waals surface area (Å²) >= 11 is 0. The van der Waals surface area contributed by atoms with Crippen LogP contribution in [-0.2, 0) is 12.1 Å². The summed E-state index contributed by atoms with van der Waals surface area (Å²) in [5.74, 6) is 0. The first-order valence-corrected chi connectivity index (χ1v) is 9.49. The number of hydrogen-bond acceptors (Lipinski definition) is 2. The highest BCUT2D eigenvalue weighted by molar-refractivity contribution is 5.86. The summed E-state index contributed by atoms with van der Waals surface area (Å²) in [5.41, 5.74) is 5.24. The minimum Gasteiger partial charge on any atom is -0.353 e. The molecule has 26 heavy (non-hydrogen) atoms. The lowest BCUT2D eigenvalue weighted by Crippen LogP contribution is -2.53. The monoisotopic (exact) mass is 347 g/mol. The molecular formula is C20H21N5O. The van der Waals surface area contributed by atoms with E-state index in [9.17, 15) is 4.79 Å². The molecule has 132 valence electrons. The molecule has 0 saturated heterocycles. The number of fused-ring (bicyclic) bond motifs is 3. The molecule has 6 nitrogen and oxygen atoms in total. The Balaban J connectivity index is 1.43. The number of H-pyrrole nitrogens is 2. The third-order valence-electron chi connectivity index (χ3n) is 6.26. The zero-order chi connectivity index (χ0) is 17.3. The molecule has 1 spiro atoms. The summed E-state index contributed by atoms with van der Waals surface area (Å²) in [6.07, 6.45) is 5.42. The van der Waals surface area contributed by atoms with Crippen LogP contribution < -0.4 is 5.32 Å². The number of para-hydroxylation sites is 1. The molecule has 0 unspecified atom stereocenters. The smallest absolute Gasteiger partial charge is 0.318 e. The number of carbonyl (C=O) groups is 1.